The predicted molar refractivity (Wildman–Crippen MR) is 137 cm³/mol. The summed E-state index contributed by atoms with van der Waals surface area (Å²) in [5.41, 5.74) is 12.2. The van der Waals surface area contributed by atoms with Crippen molar-refractivity contribution in [2.24, 2.45) is 28.3 Å². The minimum absolute atomic E-state index is 0. The minimum Gasteiger partial charge on any atom is -0.480 e. The highest BCUT2D eigenvalue weighted by Crippen LogP contribution is 2.31. The minimum atomic E-state index is -4.10. The lowest BCUT2D eigenvalue weighted by molar-refractivity contribution is -0.153. The van der Waals surface area contributed by atoms with Crippen LogP contribution in [0.15, 0.2) is 28.1 Å². The number of carboxylic acid groups (broad SMARTS) is 1. The molecule has 1 fully saturated rings. The van der Waals surface area contributed by atoms with Gasteiger partial charge in [0, 0.05) is 19.6 Å². The van der Waals surface area contributed by atoms with E-state index >= 15 is 0 Å². The Morgan fingerprint density at radius 2 is 2.00 bits per heavy atom. The number of likely N-dealkylation sites (tertiary alicyclic amines) is 1. The monoisotopic (exact) mass is 526 g/mol. The van der Waals surface area contributed by atoms with Gasteiger partial charge in [-0.2, -0.15) is 4.72 Å². The fourth-order valence-electron chi connectivity index (χ4n) is 4.72. The van der Waals surface area contributed by atoms with Crippen LogP contribution in [0.5, 0.6) is 0 Å². The lowest BCUT2D eigenvalue weighted by Crippen LogP contribution is -2.56. The molecule has 1 aromatic rings. The number of nitrogens with zero attached hydrogens (tertiary/aromatic N) is 2. The summed E-state index contributed by atoms with van der Waals surface area (Å²) in [6, 6.07) is 2.94. The molecule has 12 nitrogen and oxygen atoms in total. The van der Waals surface area contributed by atoms with Gasteiger partial charge >= 0.3 is 5.97 Å². The molecule has 0 aromatic heterocycles. The Bertz CT molecular complexity index is 1070. The highest BCUT2D eigenvalue weighted by atomic mass is 32.2. The van der Waals surface area contributed by atoms with Crippen molar-refractivity contribution in [3.63, 3.8) is 0 Å². The second kappa shape index (κ2) is 12.4. The molecule has 2 unspecified atom stereocenters. The number of nitrogens with one attached hydrogen (secondary N) is 2. The summed E-state index contributed by atoms with van der Waals surface area (Å²) in [5, 5.41) is 12.9. The first-order chi connectivity index (χ1) is 16.5. The van der Waals surface area contributed by atoms with Crippen molar-refractivity contribution < 1.29 is 28.6 Å². The molecule has 3 rings (SSSR count). The van der Waals surface area contributed by atoms with Crippen molar-refractivity contribution in [1.82, 2.24) is 9.62 Å². The van der Waals surface area contributed by atoms with Crippen LogP contribution in [-0.4, -0.2) is 73.5 Å². The highest BCUT2D eigenvalue weighted by Gasteiger charge is 2.39. The summed E-state index contributed by atoms with van der Waals surface area (Å²) in [4.78, 5) is 30.7. The van der Waals surface area contributed by atoms with Crippen molar-refractivity contribution in [2.75, 3.05) is 25.0 Å². The number of benzene rings is 1. The van der Waals surface area contributed by atoms with Crippen LogP contribution >= 0.6 is 0 Å². The molecule has 1 saturated heterocycles. The first-order valence-electron chi connectivity index (χ1n) is 12.0. The van der Waals surface area contributed by atoms with E-state index in [2.05, 4.69) is 22.0 Å². The number of hydrogen-bond acceptors (Lipinski definition) is 6. The number of nitrogens with two attached hydrogens (primary N) is 2. The van der Waals surface area contributed by atoms with Crippen molar-refractivity contribution in [1.29, 1.82) is 0 Å². The smallest absolute Gasteiger partial charge is 0.326 e. The maximum Gasteiger partial charge on any atom is 0.326 e. The number of guanidine groups is 1. The van der Waals surface area contributed by atoms with Crippen molar-refractivity contribution >= 4 is 33.5 Å². The van der Waals surface area contributed by atoms with Gasteiger partial charge in [0.1, 0.15) is 17.0 Å². The van der Waals surface area contributed by atoms with Gasteiger partial charge in [-0.15, -0.1) is 0 Å². The molecule has 202 valence electrons. The van der Waals surface area contributed by atoms with E-state index in [9.17, 15) is 23.1 Å². The van der Waals surface area contributed by atoms with Gasteiger partial charge in [0.25, 0.3) is 0 Å². The summed E-state index contributed by atoms with van der Waals surface area (Å²) in [5.74, 6) is -1.22. The molecule has 4 atom stereocenters. The fraction of sp³-hybridized carbons (Fsp3) is 0.609. The first kappa shape index (κ1) is 29.3. The zero-order valence-electron chi connectivity index (χ0n) is 20.7. The van der Waals surface area contributed by atoms with E-state index in [0.717, 1.165) is 12.0 Å². The average Bonchev–Trinajstić information content (AvgIpc) is 2.79. The predicted octanol–water partition coefficient (Wildman–Crippen LogP) is -0.122. The van der Waals surface area contributed by atoms with Crippen LogP contribution in [0.3, 0.4) is 0 Å². The third kappa shape index (κ3) is 7.08. The summed E-state index contributed by atoms with van der Waals surface area (Å²) in [6.07, 6.45) is 2.17. The van der Waals surface area contributed by atoms with E-state index in [1.165, 1.54) is 11.0 Å². The number of piperidine rings is 1. The fourth-order valence-corrected chi connectivity index (χ4v) is 6.17. The second-order valence-electron chi connectivity index (χ2n) is 9.62. The van der Waals surface area contributed by atoms with Gasteiger partial charge < -0.3 is 32.3 Å². The molecule has 0 aliphatic carbocycles. The molecule has 9 N–H and O–H groups in total. The van der Waals surface area contributed by atoms with Gasteiger partial charge in [0.15, 0.2) is 5.96 Å². The van der Waals surface area contributed by atoms with Crippen LogP contribution in [0.25, 0.3) is 0 Å². The maximum atomic E-state index is 13.5. The summed E-state index contributed by atoms with van der Waals surface area (Å²) in [7, 11) is -4.10. The molecule has 0 radical (unpaired) electrons. The van der Waals surface area contributed by atoms with Crippen molar-refractivity contribution in [3.8, 4) is 0 Å². The average molecular weight is 527 g/mol. The standard InChI is InChI=1S/C23H36N6O5S.H2O/c1-14-8-10-29(18(12-14)22(31)32)21(30)17(6-4-9-26-23(24)25)28-35(33,34)19-7-3-5-16-11-15(2)13-27-20(16)19;/h3,5,7,14-15,17-18,27-28H,4,6,8-13H2,1-2H3,(H,31,32)(H4,24,25,26);1H2/t14-,15-,17?,18?;/m1./s1. The number of carbonyl (C=O) groups is 2. The molecular weight excluding hydrogens is 488 g/mol. The molecule has 13 heteroatoms. The lowest BCUT2D eigenvalue weighted by Gasteiger charge is -2.38. The molecule has 2 heterocycles. The van der Waals surface area contributed by atoms with Gasteiger partial charge in [-0.3, -0.25) is 9.79 Å². The number of aliphatic carboxylic acids is 1. The zero-order chi connectivity index (χ0) is 25.8. The summed E-state index contributed by atoms with van der Waals surface area (Å²) in [6.45, 7) is 5.14. The number of anilines is 1. The van der Waals surface area contributed by atoms with Crippen LogP contribution in [0, 0.1) is 11.8 Å². The number of carboxylic acids is 1. The molecule has 36 heavy (non-hydrogen) atoms. The Labute approximate surface area is 211 Å². The van der Waals surface area contributed by atoms with Crippen LogP contribution in [0.4, 0.5) is 5.69 Å². The third-order valence-corrected chi connectivity index (χ3v) is 8.09. The molecule has 1 aromatic carbocycles. The number of para-hydroxylation sites is 1. The van der Waals surface area contributed by atoms with E-state index in [1.807, 2.05) is 13.0 Å². The van der Waals surface area contributed by atoms with Crippen LogP contribution in [0.2, 0.25) is 0 Å². The topological polar surface area (TPSA) is 212 Å². The number of sulfonamides is 1. The molecule has 0 spiro atoms. The van der Waals surface area contributed by atoms with Gasteiger partial charge in [-0.25, -0.2) is 13.2 Å². The normalized spacial score (nSPS) is 22.4. The maximum absolute atomic E-state index is 13.5. The molecular formula is C23H38N6O6S. The number of amides is 1. The lowest BCUT2D eigenvalue weighted by atomic mass is 9.91. The molecule has 2 aliphatic rings. The third-order valence-electron chi connectivity index (χ3n) is 6.57. The SMILES string of the molecule is C[C@@H]1CCN(C(=O)C(CCCN=C(N)N)NS(=O)(=O)c2cccc3c2NC[C@H](C)C3)C(C(=O)O)C1.O. The zero-order valence-corrected chi connectivity index (χ0v) is 21.6. The summed E-state index contributed by atoms with van der Waals surface area (Å²) < 4.78 is 29.5. The van der Waals surface area contributed by atoms with E-state index in [4.69, 9.17) is 11.5 Å². The summed E-state index contributed by atoms with van der Waals surface area (Å²) >= 11 is 0. The Hall–Kier alpha value is -2.90. The van der Waals surface area contributed by atoms with Gasteiger partial charge in [-0.1, -0.05) is 26.0 Å². The Morgan fingerprint density at radius 1 is 1.28 bits per heavy atom. The van der Waals surface area contributed by atoms with Crippen molar-refractivity contribution in [2.45, 2.75) is 62.9 Å². The molecule has 0 bridgehead atoms. The number of fused-ring (bicyclic) bond motifs is 1. The number of aliphatic imine (C=N–C) groups is 1. The highest BCUT2D eigenvalue weighted by molar-refractivity contribution is 7.89. The van der Waals surface area contributed by atoms with Crippen LogP contribution < -0.4 is 21.5 Å². The quantitative estimate of drug-likeness (QED) is 0.166. The Balaban J connectivity index is 0.00000456. The van der Waals surface area contributed by atoms with E-state index in [0.29, 0.717) is 37.4 Å². The van der Waals surface area contributed by atoms with Crippen molar-refractivity contribution in [3.05, 3.63) is 23.8 Å². The molecule has 0 saturated carbocycles. The number of carbonyl (C=O) groups excluding carboxylic acids is 1. The van der Waals surface area contributed by atoms with Crippen LogP contribution in [0.1, 0.15) is 45.1 Å². The van der Waals surface area contributed by atoms with Gasteiger partial charge in [0.05, 0.1) is 5.69 Å². The van der Waals surface area contributed by atoms with Gasteiger partial charge in [0.2, 0.25) is 15.9 Å². The number of rotatable bonds is 9. The molecule has 2 aliphatic heterocycles. The number of hydrogen-bond donors (Lipinski definition) is 5. The van der Waals surface area contributed by atoms with E-state index in [1.54, 1.807) is 6.07 Å². The second-order valence-corrected chi connectivity index (χ2v) is 11.3. The first-order valence-corrected chi connectivity index (χ1v) is 13.4. The Kier molecular flexibility index (Phi) is 10.1. The molecule has 1 amide bonds. The van der Waals surface area contributed by atoms with E-state index < -0.39 is 34.0 Å². The largest absolute Gasteiger partial charge is 0.480 e. The van der Waals surface area contributed by atoms with E-state index in [-0.39, 0.29) is 41.8 Å². The van der Waals surface area contributed by atoms with Gasteiger partial charge in [-0.05, 0) is 55.6 Å². The Morgan fingerprint density at radius 3 is 2.67 bits per heavy atom. The van der Waals surface area contributed by atoms with Crippen LogP contribution in [-0.2, 0) is 26.0 Å².